The first-order valence-electron chi connectivity index (χ1n) is 9.26. The summed E-state index contributed by atoms with van der Waals surface area (Å²) < 4.78 is 0. The van der Waals surface area contributed by atoms with Crippen molar-refractivity contribution in [3.8, 4) is 6.07 Å². The molecule has 0 fully saturated rings. The molecule has 0 saturated carbocycles. The molecule has 9 heteroatoms. The molecule has 0 aliphatic heterocycles. The van der Waals surface area contributed by atoms with Crippen molar-refractivity contribution < 1.29 is 9.72 Å². The van der Waals surface area contributed by atoms with E-state index in [1.807, 2.05) is 0 Å². The molecule has 1 N–H and O–H groups in total. The molecular weight excluding hydrogens is 408 g/mol. The topological polar surface area (TPSA) is 109 Å². The number of pyridine rings is 1. The fraction of sp³-hybridized carbons (Fsp3) is 0.450. The minimum absolute atomic E-state index is 0.0878. The van der Waals surface area contributed by atoms with Crippen LogP contribution in [-0.2, 0) is 17.6 Å². The molecule has 1 aliphatic carbocycles. The lowest BCUT2D eigenvalue weighted by Crippen LogP contribution is -2.26. The van der Waals surface area contributed by atoms with Crippen LogP contribution in [0, 0.1) is 32.8 Å². The highest BCUT2D eigenvalue weighted by atomic mass is 32.2. The van der Waals surface area contributed by atoms with Crippen LogP contribution >= 0.6 is 23.1 Å². The van der Waals surface area contributed by atoms with E-state index in [1.54, 1.807) is 0 Å². The molecular formula is C20H22N4O3S2. The summed E-state index contributed by atoms with van der Waals surface area (Å²) in [4.78, 5) is 27.7. The molecule has 0 aromatic carbocycles. The maximum Gasteiger partial charge on any atom is 0.287 e. The minimum Gasteiger partial charge on any atom is -0.316 e. The average molecular weight is 431 g/mol. The van der Waals surface area contributed by atoms with Gasteiger partial charge in [0.25, 0.3) is 5.69 Å². The van der Waals surface area contributed by atoms with Gasteiger partial charge in [-0.05, 0) is 42.2 Å². The van der Waals surface area contributed by atoms with E-state index in [0.717, 1.165) is 24.8 Å². The predicted octanol–water partition coefficient (Wildman–Crippen LogP) is 4.80. The molecule has 1 atom stereocenters. The van der Waals surface area contributed by atoms with Crippen molar-refractivity contribution in [3.63, 3.8) is 0 Å². The molecule has 3 rings (SSSR count). The van der Waals surface area contributed by atoms with Crippen LogP contribution < -0.4 is 5.32 Å². The second-order valence-electron chi connectivity index (χ2n) is 8.07. The van der Waals surface area contributed by atoms with Gasteiger partial charge in [0.05, 0.1) is 21.3 Å². The van der Waals surface area contributed by atoms with Crippen LogP contribution in [0.3, 0.4) is 0 Å². The normalized spacial score (nSPS) is 16.0. The molecule has 0 unspecified atom stereocenters. The molecule has 0 radical (unpaired) electrons. The smallest absolute Gasteiger partial charge is 0.287 e. The number of carbonyl (C=O) groups is 1. The van der Waals surface area contributed by atoms with Crippen molar-refractivity contribution in [3.05, 3.63) is 44.4 Å². The van der Waals surface area contributed by atoms with E-state index in [4.69, 9.17) is 0 Å². The number of aromatic nitrogens is 1. The van der Waals surface area contributed by atoms with Crippen LogP contribution in [0.4, 0.5) is 10.7 Å². The van der Waals surface area contributed by atoms with E-state index < -0.39 is 4.92 Å². The zero-order valence-corrected chi connectivity index (χ0v) is 18.2. The molecule has 29 heavy (non-hydrogen) atoms. The molecule has 2 aromatic rings. The Kier molecular flexibility index (Phi) is 6.24. The highest BCUT2D eigenvalue weighted by Gasteiger charge is 2.32. The Bertz CT molecular complexity index is 971. The molecule has 0 bridgehead atoms. The second-order valence-corrected chi connectivity index (χ2v) is 10.2. The number of rotatable bonds is 5. The lowest BCUT2D eigenvalue weighted by molar-refractivity contribution is -0.385. The van der Waals surface area contributed by atoms with Crippen molar-refractivity contribution >= 4 is 39.7 Å². The van der Waals surface area contributed by atoms with E-state index in [9.17, 15) is 20.2 Å². The number of hydrogen-bond acceptors (Lipinski definition) is 7. The minimum atomic E-state index is -0.514. The number of carbonyl (C=O) groups excluding carboxylic acids is 1. The van der Waals surface area contributed by atoms with Gasteiger partial charge in [0, 0.05) is 10.9 Å². The van der Waals surface area contributed by atoms with Gasteiger partial charge in [0.2, 0.25) is 5.91 Å². The standard InChI is InChI=1S/C20H22N4O3S2/c1-20(2,3)12-4-6-14-15(9-21)19(29-16(14)8-12)23-17(25)11-28-18-7-5-13(10-22-18)24(26)27/h5,7,10,12H,4,6,8,11H2,1-3H3,(H,23,25)/t12-/m1/s1. The molecule has 0 saturated heterocycles. The van der Waals surface area contributed by atoms with Gasteiger partial charge in [-0.15, -0.1) is 11.3 Å². The number of anilines is 1. The Morgan fingerprint density at radius 2 is 2.24 bits per heavy atom. The highest BCUT2D eigenvalue weighted by molar-refractivity contribution is 7.99. The molecule has 7 nitrogen and oxygen atoms in total. The highest BCUT2D eigenvalue weighted by Crippen LogP contribution is 2.44. The fourth-order valence-electron chi connectivity index (χ4n) is 3.40. The van der Waals surface area contributed by atoms with Crippen molar-refractivity contribution in [1.82, 2.24) is 4.98 Å². The monoisotopic (exact) mass is 430 g/mol. The van der Waals surface area contributed by atoms with E-state index in [2.05, 4.69) is 37.1 Å². The fourth-order valence-corrected chi connectivity index (χ4v) is 5.34. The van der Waals surface area contributed by atoms with Crippen LogP contribution in [0.25, 0.3) is 0 Å². The Balaban J connectivity index is 1.66. The lowest BCUT2D eigenvalue weighted by Gasteiger charge is -2.33. The van der Waals surface area contributed by atoms with E-state index in [1.165, 1.54) is 46.3 Å². The van der Waals surface area contributed by atoms with Crippen LogP contribution in [0.1, 0.15) is 43.2 Å². The first kappa shape index (κ1) is 21.3. The maximum atomic E-state index is 12.4. The summed E-state index contributed by atoms with van der Waals surface area (Å²) in [5.74, 6) is 0.452. The lowest BCUT2D eigenvalue weighted by atomic mass is 9.72. The third-order valence-electron chi connectivity index (χ3n) is 5.14. The van der Waals surface area contributed by atoms with Gasteiger partial charge in [0.1, 0.15) is 17.3 Å². The zero-order valence-electron chi connectivity index (χ0n) is 16.5. The summed E-state index contributed by atoms with van der Waals surface area (Å²) in [5, 5.41) is 24.3. The quantitative estimate of drug-likeness (QED) is 0.414. The summed E-state index contributed by atoms with van der Waals surface area (Å²) in [7, 11) is 0. The molecule has 152 valence electrons. The largest absolute Gasteiger partial charge is 0.316 e. The Labute approximate surface area is 177 Å². The number of nitrogens with one attached hydrogen (secondary N) is 1. The van der Waals surface area contributed by atoms with Gasteiger partial charge in [-0.2, -0.15) is 5.26 Å². The van der Waals surface area contributed by atoms with Gasteiger partial charge >= 0.3 is 0 Å². The molecule has 0 spiro atoms. The number of nitrogens with zero attached hydrogens (tertiary/aromatic N) is 3. The van der Waals surface area contributed by atoms with Crippen molar-refractivity contribution in [2.24, 2.45) is 11.3 Å². The number of thioether (sulfide) groups is 1. The van der Waals surface area contributed by atoms with Gasteiger partial charge in [-0.25, -0.2) is 4.98 Å². The van der Waals surface area contributed by atoms with Gasteiger partial charge in [-0.3, -0.25) is 14.9 Å². The van der Waals surface area contributed by atoms with Gasteiger partial charge in [0.15, 0.2) is 0 Å². The third-order valence-corrected chi connectivity index (χ3v) is 7.25. The Hall–Kier alpha value is -2.44. The average Bonchev–Trinajstić information content (AvgIpc) is 3.02. The molecule has 1 amide bonds. The number of nitriles is 1. The van der Waals surface area contributed by atoms with Gasteiger partial charge in [-0.1, -0.05) is 32.5 Å². The number of amides is 1. The summed E-state index contributed by atoms with van der Waals surface area (Å²) in [6.45, 7) is 6.73. The number of hydrogen-bond donors (Lipinski definition) is 1. The van der Waals surface area contributed by atoms with Crippen LogP contribution in [0.2, 0.25) is 0 Å². The second kappa shape index (κ2) is 8.51. The van der Waals surface area contributed by atoms with Crippen molar-refractivity contribution in [1.29, 1.82) is 5.26 Å². The van der Waals surface area contributed by atoms with E-state index in [0.29, 0.717) is 21.5 Å². The Morgan fingerprint density at radius 3 is 2.83 bits per heavy atom. The third kappa shape index (κ3) is 4.95. The number of thiophene rings is 1. The van der Waals surface area contributed by atoms with E-state index in [-0.39, 0.29) is 22.8 Å². The zero-order chi connectivity index (χ0) is 21.2. The Morgan fingerprint density at radius 1 is 1.48 bits per heavy atom. The molecule has 1 aliphatic rings. The van der Waals surface area contributed by atoms with Gasteiger partial charge < -0.3 is 5.32 Å². The SMILES string of the molecule is CC(C)(C)[C@@H]1CCc2c(sc(NC(=O)CSc3ccc([N+](=O)[O-])cn3)c2C#N)C1. The summed E-state index contributed by atoms with van der Waals surface area (Å²) in [6, 6.07) is 5.15. The van der Waals surface area contributed by atoms with Crippen LogP contribution in [-0.4, -0.2) is 21.6 Å². The first-order valence-corrected chi connectivity index (χ1v) is 11.1. The maximum absolute atomic E-state index is 12.4. The van der Waals surface area contributed by atoms with Crippen molar-refractivity contribution in [2.45, 2.75) is 45.1 Å². The number of fused-ring (bicyclic) bond motifs is 1. The molecule has 2 aromatic heterocycles. The first-order chi connectivity index (χ1) is 13.7. The summed E-state index contributed by atoms with van der Waals surface area (Å²) >= 11 is 2.70. The predicted molar refractivity (Wildman–Crippen MR) is 114 cm³/mol. The number of nitro groups is 1. The summed E-state index contributed by atoms with van der Waals surface area (Å²) in [5.41, 5.74) is 1.80. The van der Waals surface area contributed by atoms with E-state index >= 15 is 0 Å². The summed E-state index contributed by atoms with van der Waals surface area (Å²) in [6.07, 6.45) is 4.04. The van der Waals surface area contributed by atoms with Crippen LogP contribution in [0.15, 0.2) is 23.4 Å². The molecule has 2 heterocycles. The van der Waals surface area contributed by atoms with Crippen LogP contribution in [0.5, 0.6) is 0 Å². The van der Waals surface area contributed by atoms with Crippen molar-refractivity contribution in [2.75, 3.05) is 11.1 Å².